The Morgan fingerprint density at radius 3 is 2.59 bits per heavy atom. The Morgan fingerprint density at radius 1 is 1.27 bits per heavy atom. The van der Waals surface area contributed by atoms with Crippen LogP contribution in [0.1, 0.15) is 21.5 Å². The van der Waals surface area contributed by atoms with Crippen LogP contribution >= 0.6 is 15.9 Å². The molecule has 0 aliphatic carbocycles. The molecule has 0 unspecified atom stereocenters. The Labute approximate surface area is 136 Å². The van der Waals surface area contributed by atoms with Crippen molar-refractivity contribution in [1.82, 2.24) is 4.90 Å². The van der Waals surface area contributed by atoms with E-state index in [0.29, 0.717) is 17.7 Å². The SMILES string of the molecule is Cc1ccc(C(=O)N(C)Cc2ccccc2Br)cc1[N+](=O)[O-]. The highest BCUT2D eigenvalue weighted by Crippen LogP contribution is 2.22. The van der Waals surface area contributed by atoms with Crippen LogP contribution in [0.15, 0.2) is 46.9 Å². The van der Waals surface area contributed by atoms with E-state index in [2.05, 4.69) is 15.9 Å². The van der Waals surface area contributed by atoms with Gasteiger partial charge in [-0.25, -0.2) is 0 Å². The third-order valence-corrected chi connectivity index (χ3v) is 4.14. The van der Waals surface area contributed by atoms with Gasteiger partial charge in [0.2, 0.25) is 0 Å². The van der Waals surface area contributed by atoms with Gasteiger partial charge in [-0.05, 0) is 24.6 Å². The van der Waals surface area contributed by atoms with E-state index in [1.54, 1.807) is 26.1 Å². The zero-order chi connectivity index (χ0) is 16.3. The van der Waals surface area contributed by atoms with Crippen molar-refractivity contribution in [2.24, 2.45) is 0 Å². The Morgan fingerprint density at radius 2 is 1.95 bits per heavy atom. The van der Waals surface area contributed by atoms with E-state index < -0.39 is 4.92 Å². The van der Waals surface area contributed by atoms with E-state index >= 15 is 0 Å². The van der Waals surface area contributed by atoms with Gasteiger partial charge in [-0.3, -0.25) is 14.9 Å². The Kier molecular flexibility index (Phi) is 4.92. The van der Waals surface area contributed by atoms with Crippen LogP contribution in [0.25, 0.3) is 0 Å². The summed E-state index contributed by atoms with van der Waals surface area (Å²) < 4.78 is 0.921. The molecule has 0 aliphatic heterocycles. The molecular formula is C16H15BrN2O3. The van der Waals surface area contributed by atoms with Crippen molar-refractivity contribution in [3.8, 4) is 0 Å². The minimum Gasteiger partial charge on any atom is -0.337 e. The number of nitro benzene ring substituents is 1. The van der Waals surface area contributed by atoms with Gasteiger partial charge in [0, 0.05) is 35.3 Å². The molecule has 1 amide bonds. The molecule has 0 aromatic heterocycles. The van der Waals surface area contributed by atoms with Gasteiger partial charge in [0.05, 0.1) is 4.92 Å². The second-order valence-electron chi connectivity index (χ2n) is 5.01. The smallest absolute Gasteiger partial charge is 0.273 e. The molecule has 0 spiro atoms. The van der Waals surface area contributed by atoms with Crippen LogP contribution in [0.5, 0.6) is 0 Å². The molecular weight excluding hydrogens is 348 g/mol. The number of rotatable bonds is 4. The van der Waals surface area contributed by atoms with Gasteiger partial charge in [0.15, 0.2) is 0 Å². The monoisotopic (exact) mass is 362 g/mol. The fourth-order valence-electron chi connectivity index (χ4n) is 2.11. The summed E-state index contributed by atoms with van der Waals surface area (Å²) in [6.07, 6.45) is 0. The number of amides is 1. The molecule has 0 bridgehead atoms. The van der Waals surface area contributed by atoms with Gasteiger partial charge in [-0.15, -0.1) is 0 Å². The summed E-state index contributed by atoms with van der Waals surface area (Å²) in [5, 5.41) is 11.0. The van der Waals surface area contributed by atoms with Crippen LogP contribution in [-0.4, -0.2) is 22.8 Å². The van der Waals surface area contributed by atoms with Crippen LogP contribution in [0.2, 0.25) is 0 Å². The molecule has 0 saturated carbocycles. The standard InChI is InChI=1S/C16H15BrN2O3/c1-11-7-8-12(9-15(11)19(21)22)16(20)18(2)10-13-5-3-4-6-14(13)17/h3-9H,10H2,1-2H3. The number of carbonyl (C=O) groups excluding carboxylic acids is 1. The van der Waals surface area contributed by atoms with Crippen molar-refractivity contribution in [2.45, 2.75) is 13.5 Å². The molecule has 5 nitrogen and oxygen atoms in total. The first-order valence-electron chi connectivity index (χ1n) is 6.64. The van der Waals surface area contributed by atoms with Crippen LogP contribution in [0.3, 0.4) is 0 Å². The minimum absolute atomic E-state index is 0.0415. The molecule has 2 aromatic carbocycles. The first-order chi connectivity index (χ1) is 10.4. The number of halogens is 1. The number of hydrogen-bond acceptors (Lipinski definition) is 3. The van der Waals surface area contributed by atoms with Crippen molar-refractivity contribution in [1.29, 1.82) is 0 Å². The number of hydrogen-bond donors (Lipinski definition) is 0. The van der Waals surface area contributed by atoms with Crippen molar-refractivity contribution in [3.63, 3.8) is 0 Å². The number of nitro groups is 1. The lowest BCUT2D eigenvalue weighted by Crippen LogP contribution is -2.26. The summed E-state index contributed by atoms with van der Waals surface area (Å²) in [7, 11) is 1.67. The molecule has 0 radical (unpaired) electrons. The van der Waals surface area contributed by atoms with Gasteiger partial charge < -0.3 is 4.90 Å². The number of carbonyl (C=O) groups is 1. The Bertz CT molecular complexity index is 731. The van der Waals surface area contributed by atoms with E-state index in [1.807, 2.05) is 24.3 Å². The highest BCUT2D eigenvalue weighted by Gasteiger charge is 2.18. The highest BCUT2D eigenvalue weighted by atomic mass is 79.9. The quantitative estimate of drug-likeness (QED) is 0.611. The van der Waals surface area contributed by atoms with Crippen LogP contribution < -0.4 is 0 Å². The van der Waals surface area contributed by atoms with Gasteiger partial charge >= 0.3 is 0 Å². The summed E-state index contributed by atoms with van der Waals surface area (Å²) in [6.45, 7) is 2.07. The average Bonchev–Trinajstić information content (AvgIpc) is 2.49. The lowest BCUT2D eigenvalue weighted by atomic mass is 10.1. The third kappa shape index (κ3) is 3.51. The normalized spacial score (nSPS) is 10.3. The lowest BCUT2D eigenvalue weighted by Gasteiger charge is -2.18. The van der Waals surface area contributed by atoms with Gasteiger partial charge in [-0.1, -0.05) is 40.2 Å². The molecule has 2 rings (SSSR count). The summed E-state index contributed by atoms with van der Waals surface area (Å²) in [5.74, 6) is -0.251. The lowest BCUT2D eigenvalue weighted by molar-refractivity contribution is -0.385. The Hall–Kier alpha value is -2.21. The topological polar surface area (TPSA) is 63.5 Å². The molecule has 6 heteroatoms. The van der Waals surface area contributed by atoms with Crippen molar-refractivity contribution in [3.05, 3.63) is 73.7 Å². The van der Waals surface area contributed by atoms with Crippen LogP contribution in [0, 0.1) is 17.0 Å². The summed E-state index contributed by atoms with van der Waals surface area (Å²) >= 11 is 3.44. The molecule has 2 aromatic rings. The fourth-order valence-corrected chi connectivity index (χ4v) is 2.52. The van der Waals surface area contributed by atoms with Crippen molar-refractivity contribution >= 4 is 27.5 Å². The van der Waals surface area contributed by atoms with Crippen molar-refractivity contribution < 1.29 is 9.72 Å². The largest absolute Gasteiger partial charge is 0.337 e. The molecule has 0 aliphatic rings. The minimum atomic E-state index is -0.472. The van der Waals surface area contributed by atoms with Gasteiger partial charge in [-0.2, -0.15) is 0 Å². The highest BCUT2D eigenvalue weighted by molar-refractivity contribution is 9.10. The van der Waals surface area contributed by atoms with E-state index in [-0.39, 0.29) is 11.6 Å². The molecule has 0 heterocycles. The predicted octanol–water partition coefficient (Wildman–Crippen LogP) is 3.94. The Balaban J connectivity index is 2.23. The summed E-state index contributed by atoms with van der Waals surface area (Å²) in [4.78, 5) is 24.5. The number of nitrogens with zero attached hydrogens (tertiary/aromatic N) is 2. The van der Waals surface area contributed by atoms with E-state index in [1.165, 1.54) is 11.0 Å². The van der Waals surface area contributed by atoms with Crippen molar-refractivity contribution in [2.75, 3.05) is 7.05 Å². The maximum atomic E-state index is 12.4. The fraction of sp³-hybridized carbons (Fsp3) is 0.188. The number of benzene rings is 2. The first-order valence-corrected chi connectivity index (χ1v) is 7.43. The van der Waals surface area contributed by atoms with E-state index in [9.17, 15) is 14.9 Å². The second kappa shape index (κ2) is 6.70. The van der Waals surface area contributed by atoms with Gasteiger partial charge in [0.1, 0.15) is 0 Å². The number of aryl methyl sites for hydroxylation is 1. The van der Waals surface area contributed by atoms with Gasteiger partial charge in [0.25, 0.3) is 11.6 Å². The maximum absolute atomic E-state index is 12.4. The van der Waals surface area contributed by atoms with E-state index in [4.69, 9.17) is 0 Å². The van der Waals surface area contributed by atoms with E-state index in [0.717, 1.165) is 10.0 Å². The molecule has 22 heavy (non-hydrogen) atoms. The molecule has 0 N–H and O–H groups in total. The summed E-state index contributed by atoms with van der Waals surface area (Å²) in [5.41, 5.74) is 1.78. The van der Waals surface area contributed by atoms with Crippen LogP contribution in [0.4, 0.5) is 5.69 Å². The summed E-state index contributed by atoms with van der Waals surface area (Å²) in [6, 6.07) is 12.2. The average molecular weight is 363 g/mol. The molecule has 114 valence electrons. The zero-order valence-corrected chi connectivity index (χ0v) is 13.8. The first kappa shape index (κ1) is 16.2. The maximum Gasteiger partial charge on any atom is 0.273 e. The third-order valence-electron chi connectivity index (χ3n) is 3.36. The molecule has 0 fully saturated rings. The van der Waals surface area contributed by atoms with Crippen LogP contribution in [-0.2, 0) is 6.54 Å². The molecule has 0 atom stereocenters. The molecule has 0 saturated heterocycles. The zero-order valence-electron chi connectivity index (χ0n) is 12.2. The second-order valence-corrected chi connectivity index (χ2v) is 5.87. The predicted molar refractivity (Wildman–Crippen MR) is 87.8 cm³/mol.